The van der Waals surface area contributed by atoms with Gasteiger partial charge in [0, 0.05) is 6.07 Å². The lowest BCUT2D eigenvalue weighted by atomic mass is 10.2. The van der Waals surface area contributed by atoms with E-state index >= 15 is 0 Å². The maximum absolute atomic E-state index is 13.6. The minimum atomic E-state index is -1.10. The monoisotopic (exact) mass is 282 g/mol. The zero-order chi connectivity index (χ0) is 14.0. The zero-order valence-electron chi connectivity index (χ0n) is 10.2. The van der Waals surface area contributed by atoms with E-state index in [9.17, 15) is 9.18 Å². The molecular weight excluding hydrogens is 271 g/mol. The van der Waals surface area contributed by atoms with E-state index < -0.39 is 11.8 Å². The van der Waals surface area contributed by atoms with Crippen molar-refractivity contribution < 1.29 is 19.0 Å². The lowest BCUT2D eigenvalue weighted by Gasteiger charge is -2.08. The molecule has 0 spiro atoms. The maximum Gasteiger partial charge on any atom is 0.340 e. The molecule has 100 valence electrons. The molecule has 0 fully saturated rings. The average Bonchev–Trinajstić information content (AvgIpc) is 2.73. The summed E-state index contributed by atoms with van der Waals surface area (Å²) in [5.74, 6) is -1.12. The largest absolute Gasteiger partial charge is 0.497 e. The Kier molecular flexibility index (Phi) is 3.66. The van der Waals surface area contributed by atoms with Crippen molar-refractivity contribution in [2.45, 2.75) is 6.92 Å². The van der Waals surface area contributed by atoms with Gasteiger partial charge in [-0.3, -0.25) is 0 Å². The van der Waals surface area contributed by atoms with Crippen molar-refractivity contribution in [2.75, 3.05) is 12.4 Å². The molecule has 2 aromatic rings. The molecular formula is C12H11FN2O3S. The third kappa shape index (κ3) is 2.65. The molecule has 0 aliphatic rings. The smallest absolute Gasteiger partial charge is 0.340 e. The molecule has 1 heterocycles. The summed E-state index contributed by atoms with van der Waals surface area (Å²) in [6.45, 7) is 1.59. The number of aryl methyl sites for hydroxylation is 1. The number of benzene rings is 1. The zero-order valence-corrected chi connectivity index (χ0v) is 11.0. The van der Waals surface area contributed by atoms with Gasteiger partial charge in [0.25, 0.3) is 0 Å². The van der Waals surface area contributed by atoms with Gasteiger partial charge in [0.1, 0.15) is 22.1 Å². The first-order valence-electron chi connectivity index (χ1n) is 5.33. The van der Waals surface area contributed by atoms with Gasteiger partial charge in [-0.2, -0.15) is 4.37 Å². The van der Waals surface area contributed by atoms with Crippen LogP contribution in [0, 0.1) is 12.7 Å². The van der Waals surface area contributed by atoms with Gasteiger partial charge in [-0.15, -0.1) is 0 Å². The highest BCUT2D eigenvalue weighted by Gasteiger charge is 2.18. The van der Waals surface area contributed by atoms with Crippen molar-refractivity contribution in [1.29, 1.82) is 0 Å². The number of nitrogens with zero attached hydrogens (tertiary/aromatic N) is 1. The van der Waals surface area contributed by atoms with Crippen molar-refractivity contribution in [3.05, 3.63) is 35.3 Å². The average molecular weight is 282 g/mol. The standard InChI is InChI=1S/C12H11FN2O3S/c1-6-10(12(16)17)11(19-15-6)14-9-5-7(18-2)3-4-8(9)13/h3-5,14H,1-2H3,(H,16,17). The van der Waals surface area contributed by atoms with Gasteiger partial charge in [0.05, 0.1) is 18.5 Å². The summed E-state index contributed by atoms with van der Waals surface area (Å²) in [6.07, 6.45) is 0. The van der Waals surface area contributed by atoms with Crippen molar-refractivity contribution >= 4 is 28.2 Å². The minimum absolute atomic E-state index is 0.0484. The van der Waals surface area contributed by atoms with Gasteiger partial charge in [-0.05, 0) is 30.6 Å². The normalized spacial score (nSPS) is 10.3. The van der Waals surface area contributed by atoms with Crippen molar-refractivity contribution in [3.63, 3.8) is 0 Å². The Morgan fingerprint density at radius 2 is 2.26 bits per heavy atom. The number of hydrogen-bond acceptors (Lipinski definition) is 5. The van der Waals surface area contributed by atoms with Crippen LogP contribution in [-0.2, 0) is 0 Å². The Morgan fingerprint density at radius 3 is 2.89 bits per heavy atom. The number of methoxy groups -OCH3 is 1. The molecule has 19 heavy (non-hydrogen) atoms. The highest BCUT2D eigenvalue weighted by molar-refractivity contribution is 7.10. The van der Waals surface area contributed by atoms with Crippen molar-refractivity contribution in [1.82, 2.24) is 4.37 Å². The van der Waals surface area contributed by atoms with E-state index in [4.69, 9.17) is 9.84 Å². The molecule has 0 saturated carbocycles. The van der Waals surface area contributed by atoms with Gasteiger partial charge in [-0.25, -0.2) is 9.18 Å². The summed E-state index contributed by atoms with van der Waals surface area (Å²) in [7, 11) is 1.47. The van der Waals surface area contributed by atoms with Crippen molar-refractivity contribution in [2.24, 2.45) is 0 Å². The molecule has 7 heteroatoms. The van der Waals surface area contributed by atoms with Gasteiger partial charge in [-0.1, -0.05) is 0 Å². The summed E-state index contributed by atoms with van der Waals surface area (Å²) in [5, 5.41) is 12.1. The third-order valence-corrected chi connectivity index (χ3v) is 3.35. The number of anilines is 2. The topological polar surface area (TPSA) is 71.5 Å². The highest BCUT2D eigenvalue weighted by Crippen LogP contribution is 2.30. The predicted octanol–water partition coefficient (Wildman–Crippen LogP) is 3.04. The summed E-state index contributed by atoms with van der Waals surface area (Å²) in [4.78, 5) is 11.1. The van der Waals surface area contributed by atoms with Crippen LogP contribution in [0.1, 0.15) is 16.1 Å². The minimum Gasteiger partial charge on any atom is -0.497 e. The van der Waals surface area contributed by atoms with Crippen LogP contribution in [0.5, 0.6) is 5.75 Å². The number of aromatic nitrogens is 1. The second-order valence-corrected chi connectivity index (χ2v) is 4.52. The Morgan fingerprint density at radius 1 is 1.53 bits per heavy atom. The van der Waals surface area contributed by atoms with E-state index in [1.807, 2.05) is 0 Å². The summed E-state index contributed by atoms with van der Waals surface area (Å²) in [6, 6.07) is 4.18. The molecule has 0 radical (unpaired) electrons. The van der Waals surface area contributed by atoms with Gasteiger partial charge >= 0.3 is 5.97 Å². The number of carboxylic acids is 1. The predicted molar refractivity (Wildman–Crippen MR) is 70.0 cm³/mol. The number of halogens is 1. The lowest BCUT2D eigenvalue weighted by molar-refractivity contribution is 0.0697. The summed E-state index contributed by atoms with van der Waals surface area (Å²) < 4.78 is 22.6. The Labute approximate surface area is 112 Å². The summed E-state index contributed by atoms with van der Waals surface area (Å²) in [5.41, 5.74) is 0.584. The molecule has 0 atom stereocenters. The number of carbonyl (C=O) groups is 1. The van der Waals surface area contributed by atoms with Crippen LogP contribution in [0.15, 0.2) is 18.2 Å². The van der Waals surface area contributed by atoms with E-state index in [0.29, 0.717) is 11.4 Å². The molecule has 1 aromatic heterocycles. The third-order valence-electron chi connectivity index (χ3n) is 2.50. The van der Waals surface area contributed by atoms with Crippen LogP contribution in [-0.4, -0.2) is 22.6 Å². The van der Waals surface area contributed by atoms with Crippen LogP contribution in [0.3, 0.4) is 0 Å². The SMILES string of the molecule is COc1ccc(F)c(Nc2snc(C)c2C(=O)O)c1. The lowest BCUT2D eigenvalue weighted by Crippen LogP contribution is -2.02. The second kappa shape index (κ2) is 5.23. The van der Waals surface area contributed by atoms with Crippen LogP contribution in [0.2, 0.25) is 0 Å². The maximum atomic E-state index is 13.6. The Bertz CT molecular complexity index is 627. The van der Waals surface area contributed by atoms with E-state index in [2.05, 4.69) is 9.69 Å². The van der Waals surface area contributed by atoms with Crippen LogP contribution in [0.4, 0.5) is 15.1 Å². The highest BCUT2D eigenvalue weighted by atomic mass is 32.1. The number of ether oxygens (including phenoxy) is 1. The summed E-state index contributed by atoms with van der Waals surface area (Å²) >= 11 is 0.972. The fourth-order valence-corrected chi connectivity index (χ4v) is 2.36. The van der Waals surface area contributed by atoms with Gasteiger partial charge in [0.2, 0.25) is 0 Å². The van der Waals surface area contributed by atoms with E-state index in [1.54, 1.807) is 6.92 Å². The first-order valence-corrected chi connectivity index (χ1v) is 6.10. The molecule has 2 N–H and O–H groups in total. The number of rotatable bonds is 4. The number of nitrogens with one attached hydrogen (secondary N) is 1. The molecule has 0 amide bonds. The molecule has 0 saturated heterocycles. The molecule has 2 rings (SSSR count). The molecule has 0 aliphatic carbocycles. The fourth-order valence-electron chi connectivity index (χ4n) is 1.56. The number of aromatic carboxylic acids is 1. The molecule has 0 bridgehead atoms. The van der Waals surface area contributed by atoms with Gasteiger partial charge < -0.3 is 15.2 Å². The second-order valence-electron chi connectivity index (χ2n) is 3.75. The molecule has 5 nitrogen and oxygen atoms in total. The Hall–Kier alpha value is -2.15. The van der Waals surface area contributed by atoms with Crippen molar-refractivity contribution in [3.8, 4) is 5.75 Å². The van der Waals surface area contributed by atoms with Crippen LogP contribution < -0.4 is 10.1 Å². The van der Waals surface area contributed by atoms with Crippen LogP contribution >= 0.6 is 11.5 Å². The fraction of sp³-hybridized carbons (Fsp3) is 0.167. The molecule has 1 aromatic carbocycles. The molecule has 0 aliphatic heterocycles. The quantitative estimate of drug-likeness (QED) is 0.901. The van der Waals surface area contributed by atoms with Gasteiger partial charge in [0.15, 0.2) is 0 Å². The Balaban J connectivity index is 2.39. The first kappa shape index (κ1) is 13.3. The number of carboxylic acid groups (broad SMARTS) is 1. The van der Waals surface area contributed by atoms with E-state index in [0.717, 1.165) is 11.5 Å². The van der Waals surface area contributed by atoms with Crippen LogP contribution in [0.25, 0.3) is 0 Å². The number of hydrogen-bond donors (Lipinski definition) is 2. The molecule has 0 unspecified atom stereocenters. The van der Waals surface area contributed by atoms with E-state index in [1.165, 1.54) is 25.3 Å². The van der Waals surface area contributed by atoms with E-state index in [-0.39, 0.29) is 16.3 Å². The first-order chi connectivity index (χ1) is 9.02.